The lowest BCUT2D eigenvalue weighted by Crippen LogP contribution is -2.47. The zero-order valence-corrected chi connectivity index (χ0v) is 19.4. The number of nitrogens with one attached hydrogen (secondary N) is 3. The quantitative estimate of drug-likeness (QED) is 0.456. The summed E-state index contributed by atoms with van der Waals surface area (Å²) < 4.78 is 26.1. The summed E-state index contributed by atoms with van der Waals surface area (Å²) in [6.45, 7) is 1.87. The molecule has 0 radical (unpaired) electrons. The van der Waals surface area contributed by atoms with Gasteiger partial charge in [0.05, 0.1) is 6.42 Å². The van der Waals surface area contributed by atoms with E-state index >= 15 is 0 Å². The molecule has 0 aromatic heterocycles. The van der Waals surface area contributed by atoms with Crippen LogP contribution in [-0.2, 0) is 37.2 Å². The second-order valence-corrected chi connectivity index (χ2v) is 10.1. The van der Waals surface area contributed by atoms with Crippen LogP contribution in [0.15, 0.2) is 54.6 Å². The number of aryl methyl sites for hydroxylation is 1. The van der Waals surface area contributed by atoms with Crippen LogP contribution in [0.25, 0.3) is 0 Å². The first-order valence-electron chi connectivity index (χ1n) is 11.0. The lowest BCUT2D eigenvalue weighted by atomic mass is 10.0. The van der Waals surface area contributed by atoms with E-state index in [9.17, 15) is 22.8 Å². The molecule has 33 heavy (non-hydrogen) atoms. The number of unbranched alkanes of at least 4 members (excludes halogenated alkanes) is 1. The lowest BCUT2D eigenvalue weighted by Gasteiger charge is -2.18. The third-order valence-electron chi connectivity index (χ3n) is 5.52. The van der Waals surface area contributed by atoms with Crippen molar-refractivity contribution in [1.82, 2.24) is 15.4 Å². The van der Waals surface area contributed by atoms with Gasteiger partial charge in [0, 0.05) is 19.9 Å². The Kier molecular flexibility index (Phi) is 8.21. The molecule has 9 heteroatoms. The van der Waals surface area contributed by atoms with Gasteiger partial charge >= 0.3 is 0 Å². The van der Waals surface area contributed by atoms with E-state index in [-0.39, 0.29) is 24.7 Å². The molecule has 2 atom stereocenters. The average molecular weight is 472 g/mol. The largest absolute Gasteiger partial charge is 0.354 e. The highest BCUT2D eigenvalue weighted by atomic mass is 32.2. The predicted octanol–water partition coefficient (Wildman–Crippen LogP) is 1.76. The number of carbonyl (C=O) groups is 3. The van der Waals surface area contributed by atoms with Gasteiger partial charge < -0.3 is 10.6 Å². The summed E-state index contributed by atoms with van der Waals surface area (Å²) in [5, 5.41) is 4.66. The Morgan fingerprint density at radius 1 is 1.03 bits per heavy atom. The number of amides is 3. The fraction of sp³-hybridized carbons (Fsp3) is 0.375. The molecule has 8 nitrogen and oxygen atoms in total. The van der Waals surface area contributed by atoms with Crippen LogP contribution >= 0.6 is 0 Å². The molecule has 3 amide bonds. The molecule has 2 unspecified atom stereocenters. The van der Waals surface area contributed by atoms with E-state index in [1.54, 1.807) is 24.3 Å². The Balaban J connectivity index is 1.53. The molecule has 1 aliphatic rings. The van der Waals surface area contributed by atoms with E-state index in [0.29, 0.717) is 12.1 Å². The van der Waals surface area contributed by atoms with E-state index in [4.69, 9.17) is 0 Å². The van der Waals surface area contributed by atoms with Gasteiger partial charge in [-0.2, -0.15) is 0 Å². The first kappa shape index (κ1) is 24.4. The Bertz CT molecular complexity index is 1080. The summed E-state index contributed by atoms with van der Waals surface area (Å²) in [6.07, 6.45) is 2.87. The van der Waals surface area contributed by atoms with Gasteiger partial charge in [-0.15, -0.1) is 0 Å². The van der Waals surface area contributed by atoms with Gasteiger partial charge in [-0.3, -0.25) is 19.1 Å². The summed E-state index contributed by atoms with van der Waals surface area (Å²) in [4.78, 5) is 35.7. The predicted molar refractivity (Wildman–Crippen MR) is 125 cm³/mol. The summed E-state index contributed by atoms with van der Waals surface area (Å²) in [5.41, 5.74) is 2.54. The highest BCUT2D eigenvalue weighted by Gasteiger charge is 2.37. The van der Waals surface area contributed by atoms with Crippen LogP contribution in [0.5, 0.6) is 0 Å². The van der Waals surface area contributed by atoms with Crippen LogP contribution in [-0.4, -0.2) is 38.7 Å². The summed E-state index contributed by atoms with van der Waals surface area (Å²) in [7, 11) is -3.71. The van der Waals surface area contributed by atoms with Crippen molar-refractivity contribution in [3.63, 3.8) is 0 Å². The van der Waals surface area contributed by atoms with Gasteiger partial charge in [-0.1, -0.05) is 54.6 Å². The minimum atomic E-state index is -3.71. The van der Waals surface area contributed by atoms with Crippen molar-refractivity contribution in [3.8, 4) is 0 Å². The molecule has 0 spiro atoms. The van der Waals surface area contributed by atoms with Crippen LogP contribution in [0.3, 0.4) is 0 Å². The smallest absolute Gasteiger partial charge is 0.242 e. The number of carbonyl (C=O) groups excluding carboxylic acids is 3. The van der Waals surface area contributed by atoms with Gasteiger partial charge in [-0.25, -0.2) is 8.42 Å². The monoisotopic (exact) mass is 471 g/mol. The maximum absolute atomic E-state index is 12.7. The van der Waals surface area contributed by atoms with Crippen molar-refractivity contribution in [2.24, 2.45) is 0 Å². The molecule has 2 aromatic carbocycles. The number of benzene rings is 2. The molecule has 3 rings (SSSR count). The number of hydrogen-bond donors (Lipinski definition) is 3. The van der Waals surface area contributed by atoms with E-state index in [1.807, 2.05) is 22.9 Å². The molecule has 176 valence electrons. The summed E-state index contributed by atoms with van der Waals surface area (Å²) in [6, 6.07) is 16.1. The van der Waals surface area contributed by atoms with E-state index in [0.717, 1.165) is 24.8 Å². The molecular weight excluding hydrogens is 442 g/mol. The van der Waals surface area contributed by atoms with Crippen LogP contribution in [0, 0.1) is 0 Å². The fourth-order valence-corrected chi connectivity index (χ4v) is 5.27. The van der Waals surface area contributed by atoms with E-state index in [2.05, 4.69) is 22.8 Å². The van der Waals surface area contributed by atoms with Gasteiger partial charge in [0.2, 0.25) is 27.7 Å². The second kappa shape index (κ2) is 11.1. The normalized spacial score (nSPS) is 17.7. The molecule has 1 aliphatic heterocycles. The molecule has 1 heterocycles. The van der Waals surface area contributed by atoms with Crippen LogP contribution in [0.2, 0.25) is 0 Å². The number of hydrogen-bond acceptors (Lipinski definition) is 5. The van der Waals surface area contributed by atoms with Crippen molar-refractivity contribution in [2.75, 3.05) is 6.54 Å². The number of sulfonamides is 1. The zero-order valence-electron chi connectivity index (χ0n) is 18.5. The molecule has 1 fully saturated rings. The molecule has 0 aliphatic carbocycles. The fourth-order valence-electron chi connectivity index (χ4n) is 3.84. The Morgan fingerprint density at radius 3 is 2.33 bits per heavy atom. The zero-order chi connectivity index (χ0) is 23.8. The van der Waals surface area contributed by atoms with Crippen molar-refractivity contribution < 1.29 is 22.8 Å². The first-order valence-corrected chi connectivity index (χ1v) is 12.5. The van der Waals surface area contributed by atoms with Crippen molar-refractivity contribution in [1.29, 1.82) is 0 Å². The Labute approximate surface area is 194 Å². The van der Waals surface area contributed by atoms with E-state index < -0.39 is 27.2 Å². The van der Waals surface area contributed by atoms with Crippen molar-refractivity contribution in [3.05, 3.63) is 71.3 Å². The second-order valence-electron chi connectivity index (χ2n) is 8.20. The maximum atomic E-state index is 12.7. The highest BCUT2D eigenvalue weighted by Crippen LogP contribution is 2.30. The maximum Gasteiger partial charge on any atom is 0.242 e. The third kappa shape index (κ3) is 7.15. The molecule has 2 aromatic rings. The summed E-state index contributed by atoms with van der Waals surface area (Å²) in [5.74, 6) is -1.09. The molecule has 0 saturated carbocycles. The van der Waals surface area contributed by atoms with Crippen molar-refractivity contribution in [2.45, 2.75) is 50.3 Å². The molecule has 1 saturated heterocycles. The van der Waals surface area contributed by atoms with Crippen LogP contribution in [0.4, 0.5) is 0 Å². The van der Waals surface area contributed by atoms with Crippen molar-refractivity contribution >= 4 is 27.7 Å². The van der Waals surface area contributed by atoms with Crippen LogP contribution < -0.4 is 15.4 Å². The van der Waals surface area contributed by atoms with Crippen LogP contribution in [0.1, 0.15) is 48.1 Å². The minimum Gasteiger partial charge on any atom is -0.354 e. The standard InChI is InChI=1S/C24H29N3O5S/c1-17(28)26-21(24(30)25-14-6-5-9-18-7-3-2-4-8-18)15-19-10-12-20(13-11-19)22-16-23(29)27-33(22,31)32/h2-4,7-8,10-13,21-22H,5-6,9,14-16H2,1H3,(H,25,30)(H,26,28)(H,27,29). The van der Waals surface area contributed by atoms with Gasteiger partial charge in [0.25, 0.3) is 0 Å². The molecular formula is C24H29N3O5S. The van der Waals surface area contributed by atoms with Gasteiger partial charge in [0.15, 0.2) is 0 Å². The Morgan fingerprint density at radius 2 is 1.73 bits per heavy atom. The van der Waals surface area contributed by atoms with E-state index in [1.165, 1.54) is 12.5 Å². The molecule has 3 N–H and O–H groups in total. The summed E-state index contributed by atoms with van der Waals surface area (Å²) >= 11 is 0. The molecule has 0 bridgehead atoms. The minimum absolute atomic E-state index is 0.108. The van der Waals surface area contributed by atoms with Gasteiger partial charge in [-0.05, 0) is 36.0 Å². The topological polar surface area (TPSA) is 121 Å². The number of rotatable bonds is 10. The first-order chi connectivity index (χ1) is 15.7. The SMILES string of the molecule is CC(=O)NC(Cc1ccc(C2CC(=O)NS2(=O)=O)cc1)C(=O)NCCCCc1ccccc1. The third-order valence-corrected chi connectivity index (χ3v) is 7.22. The highest BCUT2D eigenvalue weighted by molar-refractivity contribution is 7.90. The Hall–Kier alpha value is -3.20. The lowest BCUT2D eigenvalue weighted by molar-refractivity contribution is -0.128. The average Bonchev–Trinajstić information content (AvgIpc) is 3.05. The van der Waals surface area contributed by atoms with Gasteiger partial charge in [0.1, 0.15) is 11.3 Å².